The number of nitrogens with zero attached hydrogens (tertiary/aromatic N) is 2. The van der Waals surface area contributed by atoms with Crippen LogP contribution in [0.5, 0.6) is 0 Å². The van der Waals surface area contributed by atoms with Crippen LogP contribution in [-0.4, -0.2) is 26.7 Å². The number of thioether (sulfide) groups is 1. The zero-order chi connectivity index (χ0) is 13.2. The van der Waals surface area contributed by atoms with Crippen LogP contribution in [0.15, 0.2) is 26.4 Å². The Bertz CT molecular complexity index is 552. The highest BCUT2D eigenvalue weighted by Gasteiger charge is 2.26. The lowest BCUT2D eigenvalue weighted by molar-refractivity contribution is 0.136. The van der Waals surface area contributed by atoms with Crippen molar-refractivity contribution in [2.24, 2.45) is 0 Å². The molecular formula is C13H16N2O3S. The smallest absolute Gasteiger partial charge is 0.277 e. The van der Waals surface area contributed by atoms with Crippen molar-refractivity contribution in [1.82, 2.24) is 10.2 Å². The Morgan fingerprint density at radius 2 is 2.16 bits per heavy atom. The van der Waals surface area contributed by atoms with Gasteiger partial charge in [0.15, 0.2) is 0 Å². The molecular weight excluding hydrogens is 264 g/mol. The fourth-order valence-electron chi connectivity index (χ4n) is 2.32. The summed E-state index contributed by atoms with van der Waals surface area (Å²) in [7, 11) is 0. The number of hydrogen-bond acceptors (Lipinski definition) is 6. The molecule has 6 heteroatoms. The summed E-state index contributed by atoms with van der Waals surface area (Å²) in [6.07, 6.45) is 5.43. The van der Waals surface area contributed by atoms with Crippen LogP contribution < -0.4 is 0 Å². The topological polar surface area (TPSA) is 72.3 Å². The lowest BCUT2D eigenvalue weighted by Crippen LogP contribution is -2.26. The third kappa shape index (κ3) is 2.69. The van der Waals surface area contributed by atoms with E-state index in [9.17, 15) is 5.11 Å². The molecule has 1 fully saturated rings. The fourth-order valence-corrected chi connectivity index (χ4v) is 3.37. The van der Waals surface area contributed by atoms with E-state index in [4.69, 9.17) is 8.83 Å². The number of furan rings is 1. The molecule has 2 aromatic rings. The Labute approximate surface area is 115 Å². The highest BCUT2D eigenvalue weighted by Crippen LogP contribution is 2.34. The molecule has 0 bridgehead atoms. The van der Waals surface area contributed by atoms with Crippen molar-refractivity contribution in [3.63, 3.8) is 0 Å². The molecule has 2 unspecified atom stereocenters. The first-order valence-electron chi connectivity index (χ1n) is 6.47. The third-order valence-corrected chi connectivity index (χ3v) is 4.63. The predicted octanol–water partition coefficient (Wildman–Crippen LogP) is 3.03. The predicted molar refractivity (Wildman–Crippen MR) is 70.9 cm³/mol. The summed E-state index contributed by atoms with van der Waals surface area (Å²) >= 11 is 1.48. The van der Waals surface area contributed by atoms with E-state index in [-0.39, 0.29) is 11.4 Å². The molecule has 19 heavy (non-hydrogen) atoms. The highest BCUT2D eigenvalue weighted by molar-refractivity contribution is 7.99. The molecule has 0 radical (unpaired) electrons. The van der Waals surface area contributed by atoms with Gasteiger partial charge >= 0.3 is 0 Å². The van der Waals surface area contributed by atoms with Crippen molar-refractivity contribution in [2.75, 3.05) is 0 Å². The normalized spacial score (nSPS) is 23.7. The van der Waals surface area contributed by atoms with Crippen LogP contribution in [0.25, 0.3) is 11.5 Å². The number of aryl methyl sites for hydroxylation is 1. The summed E-state index contributed by atoms with van der Waals surface area (Å²) in [4.78, 5) is 0. The summed E-state index contributed by atoms with van der Waals surface area (Å²) in [5.41, 5.74) is 0.823. The second kappa shape index (κ2) is 5.38. The summed E-state index contributed by atoms with van der Waals surface area (Å²) in [5, 5.41) is 18.7. The first kappa shape index (κ1) is 12.7. The van der Waals surface area contributed by atoms with E-state index in [2.05, 4.69) is 10.2 Å². The SMILES string of the molecule is Cc1occc1-c1nnc(SC2CCCCC2O)o1. The molecule has 2 heterocycles. The van der Waals surface area contributed by atoms with Crippen LogP contribution in [0.4, 0.5) is 0 Å². The number of rotatable bonds is 3. The van der Waals surface area contributed by atoms with Gasteiger partial charge < -0.3 is 13.9 Å². The Balaban J connectivity index is 1.73. The first-order chi connectivity index (χ1) is 9.24. The van der Waals surface area contributed by atoms with Crippen molar-refractivity contribution < 1.29 is 13.9 Å². The third-order valence-electron chi connectivity index (χ3n) is 3.42. The molecule has 1 saturated carbocycles. The van der Waals surface area contributed by atoms with E-state index in [1.807, 2.05) is 13.0 Å². The fraction of sp³-hybridized carbons (Fsp3) is 0.538. The van der Waals surface area contributed by atoms with E-state index in [1.165, 1.54) is 11.8 Å². The standard InChI is InChI=1S/C13H16N2O3S/c1-8-9(6-7-17-8)12-14-15-13(18-12)19-11-5-3-2-4-10(11)16/h6-7,10-11,16H,2-5H2,1H3. The summed E-state index contributed by atoms with van der Waals surface area (Å²) < 4.78 is 10.9. The zero-order valence-corrected chi connectivity index (χ0v) is 11.5. The largest absolute Gasteiger partial charge is 0.469 e. The number of hydrogen-bond donors (Lipinski definition) is 1. The average molecular weight is 280 g/mol. The number of aliphatic hydroxyl groups excluding tert-OH is 1. The van der Waals surface area contributed by atoms with Gasteiger partial charge in [0.25, 0.3) is 11.1 Å². The van der Waals surface area contributed by atoms with E-state index >= 15 is 0 Å². The molecule has 1 N–H and O–H groups in total. The Hall–Kier alpha value is -1.27. The lowest BCUT2D eigenvalue weighted by atomic mass is 9.97. The van der Waals surface area contributed by atoms with Crippen molar-refractivity contribution in [3.8, 4) is 11.5 Å². The van der Waals surface area contributed by atoms with Crippen LogP contribution >= 0.6 is 11.8 Å². The highest BCUT2D eigenvalue weighted by atomic mass is 32.2. The van der Waals surface area contributed by atoms with Crippen LogP contribution in [-0.2, 0) is 0 Å². The number of aromatic nitrogens is 2. The molecule has 0 saturated heterocycles. The molecule has 1 aliphatic carbocycles. The molecule has 0 aliphatic heterocycles. The molecule has 1 aliphatic rings. The van der Waals surface area contributed by atoms with Crippen LogP contribution in [0, 0.1) is 6.92 Å². The molecule has 2 atom stereocenters. The van der Waals surface area contributed by atoms with E-state index in [0.29, 0.717) is 11.1 Å². The molecule has 0 amide bonds. The van der Waals surface area contributed by atoms with Gasteiger partial charge in [-0.3, -0.25) is 0 Å². The van der Waals surface area contributed by atoms with Gasteiger partial charge in [-0.1, -0.05) is 24.6 Å². The van der Waals surface area contributed by atoms with E-state index < -0.39 is 0 Å². The second-order valence-electron chi connectivity index (χ2n) is 4.77. The maximum Gasteiger partial charge on any atom is 0.277 e. The first-order valence-corrected chi connectivity index (χ1v) is 7.34. The molecule has 0 aromatic carbocycles. The monoisotopic (exact) mass is 280 g/mol. The van der Waals surface area contributed by atoms with Crippen LogP contribution in [0.1, 0.15) is 31.4 Å². The summed E-state index contributed by atoms with van der Waals surface area (Å²) in [6.45, 7) is 1.86. The Kier molecular flexibility index (Phi) is 3.61. The minimum absolute atomic E-state index is 0.160. The average Bonchev–Trinajstić information content (AvgIpc) is 3.01. The van der Waals surface area contributed by atoms with Crippen molar-refractivity contribution >= 4 is 11.8 Å². The van der Waals surface area contributed by atoms with Gasteiger partial charge in [-0.25, -0.2) is 0 Å². The minimum Gasteiger partial charge on any atom is -0.469 e. The van der Waals surface area contributed by atoms with Crippen LogP contribution in [0.3, 0.4) is 0 Å². The van der Waals surface area contributed by atoms with Gasteiger partial charge in [-0.2, -0.15) is 0 Å². The van der Waals surface area contributed by atoms with Gasteiger partial charge in [-0.05, 0) is 25.8 Å². The molecule has 3 rings (SSSR count). The van der Waals surface area contributed by atoms with Crippen LogP contribution in [0.2, 0.25) is 0 Å². The van der Waals surface area contributed by atoms with Gasteiger partial charge in [0, 0.05) is 5.25 Å². The maximum absolute atomic E-state index is 9.94. The minimum atomic E-state index is -0.273. The maximum atomic E-state index is 9.94. The Morgan fingerprint density at radius 1 is 1.32 bits per heavy atom. The van der Waals surface area contributed by atoms with E-state index in [0.717, 1.165) is 37.0 Å². The molecule has 2 aromatic heterocycles. The van der Waals surface area contributed by atoms with E-state index in [1.54, 1.807) is 6.26 Å². The van der Waals surface area contributed by atoms with Gasteiger partial charge in [0.2, 0.25) is 0 Å². The molecule has 102 valence electrons. The molecule has 5 nitrogen and oxygen atoms in total. The zero-order valence-electron chi connectivity index (χ0n) is 10.7. The van der Waals surface area contributed by atoms with Crippen molar-refractivity contribution in [2.45, 2.75) is 49.2 Å². The quantitative estimate of drug-likeness (QED) is 0.931. The number of aliphatic hydroxyl groups is 1. The van der Waals surface area contributed by atoms with Gasteiger partial charge in [0.1, 0.15) is 5.76 Å². The summed E-state index contributed by atoms with van der Waals surface area (Å²) in [6, 6.07) is 1.81. The summed E-state index contributed by atoms with van der Waals surface area (Å²) in [5.74, 6) is 1.23. The van der Waals surface area contributed by atoms with Gasteiger partial charge in [-0.15, -0.1) is 10.2 Å². The molecule has 0 spiro atoms. The second-order valence-corrected chi connectivity index (χ2v) is 5.96. The Morgan fingerprint density at radius 3 is 2.89 bits per heavy atom. The van der Waals surface area contributed by atoms with Crippen molar-refractivity contribution in [3.05, 3.63) is 18.1 Å². The van der Waals surface area contributed by atoms with Gasteiger partial charge in [0.05, 0.1) is 17.9 Å². The van der Waals surface area contributed by atoms with Crippen molar-refractivity contribution in [1.29, 1.82) is 0 Å². The lowest BCUT2D eigenvalue weighted by Gasteiger charge is -2.25.